The van der Waals surface area contributed by atoms with Crippen molar-refractivity contribution in [2.24, 2.45) is 0 Å². The van der Waals surface area contributed by atoms with Gasteiger partial charge in [-0.25, -0.2) is 0 Å². The molecule has 1 heterocycles. The molecule has 2 N–H and O–H groups in total. The molecule has 5 nitrogen and oxygen atoms in total. The highest BCUT2D eigenvalue weighted by Crippen LogP contribution is 2.31. The van der Waals surface area contributed by atoms with Crippen LogP contribution in [0.4, 0.5) is 24.0 Å². The fourth-order valence-electron chi connectivity index (χ4n) is 1.75. The molecular formula is C15H17F3N4OS2. The highest BCUT2D eigenvalue weighted by molar-refractivity contribution is 8.02. The van der Waals surface area contributed by atoms with Gasteiger partial charge in [-0.1, -0.05) is 30.0 Å². The molecule has 0 unspecified atom stereocenters. The Morgan fingerprint density at radius 2 is 1.96 bits per heavy atom. The second kappa shape index (κ2) is 8.52. The smallest absolute Gasteiger partial charge is 0.360 e. The number of benzene rings is 1. The van der Waals surface area contributed by atoms with Crippen molar-refractivity contribution >= 4 is 39.8 Å². The van der Waals surface area contributed by atoms with Gasteiger partial charge in [-0.2, -0.15) is 13.2 Å². The van der Waals surface area contributed by atoms with Gasteiger partial charge < -0.3 is 10.6 Å². The van der Waals surface area contributed by atoms with Crippen LogP contribution in [0.25, 0.3) is 0 Å². The molecule has 2 aromatic rings. The van der Waals surface area contributed by atoms with E-state index in [4.69, 9.17) is 0 Å². The van der Waals surface area contributed by atoms with Crippen LogP contribution < -0.4 is 10.6 Å². The zero-order valence-electron chi connectivity index (χ0n) is 13.6. The average molecular weight is 390 g/mol. The minimum absolute atomic E-state index is 0.313. The largest absolute Gasteiger partial charge is 0.416 e. The molecule has 0 saturated carbocycles. The van der Waals surface area contributed by atoms with Gasteiger partial charge in [-0.3, -0.25) is 4.79 Å². The molecule has 0 aliphatic carbocycles. The number of anilines is 2. The van der Waals surface area contributed by atoms with Crippen molar-refractivity contribution in [1.29, 1.82) is 0 Å². The number of rotatable bonds is 7. The maximum absolute atomic E-state index is 12.5. The Labute approximate surface area is 151 Å². The molecule has 1 aromatic carbocycles. The number of alkyl halides is 3. The number of hydrogen-bond acceptors (Lipinski definition) is 6. The first-order valence-electron chi connectivity index (χ1n) is 7.51. The lowest BCUT2D eigenvalue weighted by atomic mass is 10.2. The second-order valence-corrected chi connectivity index (χ2v) is 7.69. The molecule has 0 saturated heterocycles. The number of nitrogens with one attached hydrogen (secondary N) is 2. The van der Waals surface area contributed by atoms with Crippen LogP contribution in [0.5, 0.6) is 0 Å². The lowest BCUT2D eigenvalue weighted by molar-refractivity contribution is -0.137. The van der Waals surface area contributed by atoms with Crippen LogP contribution in [0.15, 0.2) is 28.6 Å². The predicted octanol–water partition coefficient (Wildman–Crippen LogP) is 4.50. The van der Waals surface area contributed by atoms with Crippen LogP contribution in [0.2, 0.25) is 0 Å². The first kappa shape index (κ1) is 19.5. The molecule has 0 aliphatic heterocycles. The Bertz CT molecular complexity index is 704. The van der Waals surface area contributed by atoms with Crippen molar-refractivity contribution in [2.75, 3.05) is 17.2 Å². The van der Waals surface area contributed by atoms with Gasteiger partial charge in [0.05, 0.1) is 10.8 Å². The minimum atomic E-state index is -4.40. The Balaban J connectivity index is 1.90. The minimum Gasteiger partial charge on any atom is -0.360 e. The lowest BCUT2D eigenvalue weighted by Gasteiger charge is -2.11. The number of aromatic nitrogens is 2. The summed E-state index contributed by atoms with van der Waals surface area (Å²) in [5.41, 5.74) is -0.443. The molecule has 0 fully saturated rings. The summed E-state index contributed by atoms with van der Waals surface area (Å²) in [6.45, 7) is 4.53. The molecule has 136 valence electrons. The van der Waals surface area contributed by atoms with Crippen LogP contribution in [-0.2, 0) is 11.0 Å². The second-order valence-electron chi connectivity index (χ2n) is 5.12. The zero-order chi connectivity index (χ0) is 18.4. The van der Waals surface area contributed by atoms with Crippen molar-refractivity contribution < 1.29 is 18.0 Å². The maximum Gasteiger partial charge on any atom is 0.416 e. The quantitative estimate of drug-likeness (QED) is 0.682. The van der Waals surface area contributed by atoms with Crippen molar-refractivity contribution in [1.82, 2.24) is 10.2 Å². The van der Waals surface area contributed by atoms with E-state index in [0.717, 1.165) is 25.1 Å². The fraction of sp³-hybridized carbons (Fsp3) is 0.400. The van der Waals surface area contributed by atoms with Gasteiger partial charge in [0.25, 0.3) is 0 Å². The van der Waals surface area contributed by atoms with Crippen molar-refractivity contribution in [3.8, 4) is 0 Å². The van der Waals surface area contributed by atoms with Crippen LogP contribution in [-0.4, -0.2) is 27.9 Å². The summed E-state index contributed by atoms with van der Waals surface area (Å²) in [5.74, 6) is -0.317. The van der Waals surface area contributed by atoms with Crippen molar-refractivity contribution in [3.63, 3.8) is 0 Å². The van der Waals surface area contributed by atoms with Crippen LogP contribution >= 0.6 is 23.1 Å². The van der Waals surface area contributed by atoms with Crippen LogP contribution in [0, 0.1) is 0 Å². The fourth-order valence-corrected chi connectivity index (χ4v) is 3.67. The average Bonchev–Trinajstić information content (AvgIpc) is 3.00. The Morgan fingerprint density at radius 3 is 2.56 bits per heavy atom. The summed E-state index contributed by atoms with van der Waals surface area (Å²) in [7, 11) is 0. The molecule has 10 heteroatoms. The van der Waals surface area contributed by atoms with E-state index in [1.807, 2.05) is 6.92 Å². The van der Waals surface area contributed by atoms with Gasteiger partial charge in [0, 0.05) is 12.2 Å². The van der Waals surface area contributed by atoms with E-state index in [2.05, 4.69) is 20.8 Å². The van der Waals surface area contributed by atoms with E-state index in [0.29, 0.717) is 15.2 Å². The number of thioether (sulfide) groups is 1. The van der Waals surface area contributed by atoms with Gasteiger partial charge in [0.15, 0.2) is 4.34 Å². The molecule has 1 atom stereocenters. The summed E-state index contributed by atoms with van der Waals surface area (Å²) in [5, 5.41) is 13.9. The Kier molecular flexibility index (Phi) is 6.65. The standard InChI is InChI=1S/C15H17F3N4OS2/c1-3-8-19-13-21-22-14(25-13)24-9(2)12(23)20-11-6-4-10(5-7-11)15(16,17)18/h4-7,9H,3,8H2,1-2H3,(H,19,21)(H,20,23)/t9-/m1/s1. The highest BCUT2D eigenvalue weighted by Gasteiger charge is 2.30. The number of nitrogens with zero attached hydrogens (tertiary/aromatic N) is 2. The van der Waals surface area contributed by atoms with Crippen molar-refractivity contribution in [3.05, 3.63) is 29.8 Å². The van der Waals surface area contributed by atoms with Gasteiger partial charge in [0.1, 0.15) is 0 Å². The monoisotopic (exact) mass is 390 g/mol. The summed E-state index contributed by atoms with van der Waals surface area (Å²) < 4.78 is 38.2. The maximum atomic E-state index is 12.5. The third-order valence-electron chi connectivity index (χ3n) is 3.06. The SMILES string of the molecule is CCCNc1nnc(S[C@H](C)C(=O)Nc2ccc(C(F)(F)F)cc2)s1. The number of hydrogen-bond donors (Lipinski definition) is 2. The number of amides is 1. The van der Waals surface area contributed by atoms with E-state index in [-0.39, 0.29) is 5.91 Å². The Hall–Kier alpha value is -1.81. The lowest BCUT2D eigenvalue weighted by Crippen LogP contribution is -2.22. The van der Waals surface area contributed by atoms with E-state index in [9.17, 15) is 18.0 Å². The summed E-state index contributed by atoms with van der Waals surface area (Å²) in [6, 6.07) is 4.33. The highest BCUT2D eigenvalue weighted by atomic mass is 32.2. The van der Waals surface area contributed by atoms with E-state index in [1.54, 1.807) is 6.92 Å². The van der Waals surface area contributed by atoms with E-state index < -0.39 is 17.0 Å². The number of carbonyl (C=O) groups is 1. The van der Waals surface area contributed by atoms with E-state index in [1.165, 1.54) is 35.2 Å². The first-order chi connectivity index (χ1) is 11.8. The number of carbonyl (C=O) groups excluding carboxylic acids is 1. The molecule has 0 radical (unpaired) electrons. The predicted molar refractivity (Wildman–Crippen MR) is 94.1 cm³/mol. The Morgan fingerprint density at radius 1 is 1.28 bits per heavy atom. The van der Waals surface area contributed by atoms with Gasteiger partial charge >= 0.3 is 6.18 Å². The summed E-state index contributed by atoms with van der Waals surface area (Å²) >= 11 is 2.60. The number of halogens is 3. The van der Waals surface area contributed by atoms with Gasteiger partial charge in [-0.15, -0.1) is 10.2 Å². The third kappa shape index (κ3) is 5.89. The van der Waals surface area contributed by atoms with Gasteiger partial charge in [0.2, 0.25) is 11.0 Å². The molecule has 1 aromatic heterocycles. The third-order valence-corrected chi connectivity index (χ3v) is 5.12. The molecule has 0 spiro atoms. The molecular weight excluding hydrogens is 373 g/mol. The summed E-state index contributed by atoms with van der Waals surface area (Å²) in [4.78, 5) is 12.2. The topological polar surface area (TPSA) is 66.9 Å². The molecule has 0 bridgehead atoms. The molecule has 2 rings (SSSR count). The first-order valence-corrected chi connectivity index (χ1v) is 9.21. The van der Waals surface area contributed by atoms with Crippen LogP contribution in [0.1, 0.15) is 25.8 Å². The van der Waals surface area contributed by atoms with Crippen molar-refractivity contribution in [2.45, 2.75) is 36.0 Å². The molecule has 0 aliphatic rings. The normalized spacial score (nSPS) is 12.7. The molecule has 25 heavy (non-hydrogen) atoms. The van der Waals surface area contributed by atoms with Gasteiger partial charge in [-0.05, 0) is 37.6 Å². The van der Waals surface area contributed by atoms with E-state index >= 15 is 0 Å². The zero-order valence-corrected chi connectivity index (χ0v) is 15.2. The van der Waals surface area contributed by atoms with Crippen LogP contribution in [0.3, 0.4) is 0 Å². The molecule has 1 amide bonds. The summed E-state index contributed by atoms with van der Waals surface area (Å²) in [6.07, 6.45) is -3.43.